The molecule has 49 heavy (non-hydrogen) atoms. The monoisotopic (exact) mass is 669 g/mol. The molecule has 2 aliphatic heterocycles. The molecule has 3 aromatic carbocycles. The lowest BCUT2D eigenvalue weighted by Gasteiger charge is -2.36. The fourth-order valence-corrected chi connectivity index (χ4v) is 6.51. The minimum absolute atomic E-state index is 0.0232. The van der Waals surface area contributed by atoms with Gasteiger partial charge in [0, 0.05) is 48.7 Å². The van der Waals surface area contributed by atoms with Crippen molar-refractivity contribution in [3.8, 4) is 5.75 Å². The van der Waals surface area contributed by atoms with Gasteiger partial charge in [0.1, 0.15) is 5.75 Å². The molecule has 3 aromatic rings. The van der Waals surface area contributed by atoms with Crippen LogP contribution in [-0.4, -0.2) is 72.2 Å². The van der Waals surface area contributed by atoms with Crippen LogP contribution in [0.2, 0.25) is 0 Å². The first kappa shape index (κ1) is 35.3. The van der Waals surface area contributed by atoms with Gasteiger partial charge in [-0.15, -0.1) is 0 Å². The molecule has 11 nitrogen and oxygen atoms in total. The summed E-state index contributed by atoms with van der Waals surface area (Å²) in [6.07, 6.45) is 5.10. The summed E-state index contributed by atoms with van der Waals surface area (Å²) >= 11 is 0. The lowest BCUT2D eigenvalue weighted by molar-refractivity contribution is -0.140. The third-order valence-corrected chi connectivity index (χ3v) is 9.38. The number of nitrogens with zero attached hydrogens (tertiary/aromatic N) is 2. The first-order valence-electron chi connectivity index (χ1n) is 16.5. The number of nitrogens with one attached hydrogen (secondary N) is 1. The van der Waals surface area contributed by atoms with Crippen molar-refractivity contribution >= 4 is 35.1 Å². The van der Waals surface area contributed by atoms with E-state index >= 15 is 0 Å². The predicted octanol–water partition coefficient (Wildman–Crippen LogP) is 4.35. The first-order chi connectivity index (χ1) is 23.6. The molecule has 0 spiro atoms. The van der Waals surface area contributed by atoms with E-state index in [1.54, 1.807) is 73.6 Å². The number of hydrogen-bond acceptors (Lipinski definition) is 8. The molecule has 2 aliphatic rings. The molecule has 0 bridgehead atoms. The second-order valence-corrected chi connectivity index (χ2v) is 12.4. The van der Waals surface area contributed by atoms with Crippen LogP contribution in [0.25, 0.3) is 0 Å². The summed E-state index contributed by atoms with van der Waals surface area (Å²) in [7, 11) is 2.87. The van der Waals surface area contributed by atoms with Crippen molar-refractivity contribution in [2.75, 3.05) is 37.6 Å². The first-order valence-corrected chi connectivity index (χ1v) is 16.5. The summed E-state index contributed by atoms with van der Waals surface area (Å²) in [4.78, 5) is 55.2. The van der Waals surface area contributed by atoms with E-state index in [4.69, 9.17) is 9.47 Å². The van der Waals surface area contributed by atoms with Crippen molar-refractivity contribution in [1.82, 2.24) is 4.90 Å². The normalized spacial score (nSPS) is 19.0. The van der Waals surface area contributed by atoms with Crippen LogP contribution in [0.15, 0.2) is 78.9 Å². The molecule has 0 radical (unpaired) electrons. The summed E-state index contributed by atoms with van der Waals surface area (Å²) in [5, 5.41) is 25.1. The lowest BCUT2D eigenvalue weighted by Crippen LogP contribution is -2.46. The van der Waals surface area contributed by atoms with Crippen LogP contribution >= 0.6 is 0 Å². The second-order valence-electron chi connectivity index (χ2n) is 12.4. The Morgan fingerprint density at radius 3 is 2.47 bits per heavy atom. The number of anilines is 2. The van der Waals surface area contributed by atoms with Gasteiger partial charge < -0.3 is 34.8 Å². The Kier molecular flexibility index (Phi) is 11.2. The Hall–Kier alpha value is -5.00. The van der Waals surface area contributed by atoms with E-state index in [2.05, 4.69) is 5.32 Å². The SMILES string of the molecule is COC(=O)CCCCN1C(=O)[C@](O)([C@H](C)/C=C/CC(=O)N2Cc3ccccc3C[C@H]2CO)c2cc(NC(=O)c3ccc(OC)cc3)ccc21. The van der Waals surface area contributed by atoms with Gasteiger partial charge in [-0.2, -0.15) is 0 Å². The van der Waals surface area contributed by atoms with Gasteiger partial charge in [0.05, 0.1) is 32.6 Å². The minimum atomic E-state index is -1.99. The molecule has 3 amide bonds. The Labute approximate surface area is 286 Å². The van der Waals surface area contributed by atoms with Crippen molar-refractivity contribution in [1.29, 1.82) is 0 Å². The number of carbonyl (C=O) groups excluding carboxylic acids is 4. The van der Waals surface area contributed by atoms with Crippen molar-refractivity contribution in [2.24, 2.45) is 5.92 Å². The van der Waals surface area contributed by atoms with Gasteiger partial charge >= 0.3 is 5.97 Å². The van der Waals surface area contributed by atoms with Crippen LogP contribution in [-0.2, 0) is 37.7 Å². The lowest BCUT2D eigenvalue weighted by atomic mass is 9.82. The maximum absolute atomic E-state index is 14.0. The predicted molar refractivity (Wildman–Crippen MR) is 184 cm³/mol. The van der Waals surface area contributed by atoms with Crippen LogP contribution in [0.3, 0.4) is 0 Å². The second kappa shape index (κ2) is 15.5. The zero-order valence-electron chi connectivity index (χ0n) is 28.1. The van der Waals surface area contributed by atoms with E-state index < -0.39 is 17.4 Å². The molecule has 0 fully saturated rings. The van der Waals surface area contributed by atoms with E-state index in [1.165, 1.54) is 12.0 Å². The van der Waals surface area contributed by atoms with Crippen molar-refractivity contribution in [3.63, 3.8) is 0 Å². The highest BCUT2D eigenvalue weighted by Crippen LogP contribution is 2.46. The summed E-state index contributed by atoms with van der Waals surface area (Å²) in [5.74, 6) is -1.55. The summed E-state index contributed by atoms with van der Waals surface area (Å²) in [6, 6.07) is 19.1. The molecule has 5 rings (SSSR count). The van der Waals surface area contributed by atoms with Gasteiger partial charge in [-0.05, 0) is 72.9 Å². The highest BCUT2D eigenvalue weighted by Gasteiger charge is 2.52. The van der Waals surface area contributed by atoms with E-state index in [1.807, 2.05) is 24.3 Å². The van der Waals surface area contributed by atoms with E-state index in [0.717, 1.165) is 11.1 Å². The maximum atomic E-state index is 14.0. The van der Waals surface area contributed by atoms with Gasteiger partial charge in [0.2, 0.25) is 5.91 Å². The molecule has 0 aromatic heterocycles. The number of benzene rings is 3. The number of ether oxygens (including phenoxy) is 2. The third kappa shape index (κ3) is 7.53. The smallest absolute Gasteiger partial charge is 0.305 e. The number of fused-ring (bicyclic) bond motifs is 2. The topological polar surface area (TPSA) is 146 Å². The molecule has 3 atom stereocenters. The molecular weight excluding hydrogens is 626 g/mol. The van der Waals surface area contributed by atoms with Gasteiger partial charge in [0.25, 0.3) is 11.8 Å². The zero-order valence-corrected chi connectivity index (χ0v) is 28.1. The number of amides is 3. The van der Waals surface area contributed by atoms with Gasteiger partial charge in [-0.3, -0.25) is 19.2 Å². The largest absolute Gasteiger partial charge is 0.497 e. The van der Waals surface area contributed by atoms with Crippen LogP contribution in [0.5, 0.6) is 5.75 Å². The summed E-state index contributed by atoms with van der Waals surface area (Å²) < 4.78 is 9.90. The number of esters is 1. The Bertz CT molecular complexity index is 1720. The molecule has 0 saturated carbocycles. The fourth-order valence-electron chi connectivity index (χ4n) is 6.51. The summed E-state index contributed by atoms with van der Waals surface area (Å²) in [5.41, 5.74) is 1.80. The zero-order chi connectivity index (χ0) is 35.1. The summed E-state index contributed by atoms with van der Waals surface area (Å²) in [6.45, 7) is 2.21. The Morgan fingerprint density at radius 2 is 1.78 bits per heavy atom. The third-order valence-electron chi connectivity index (χ3n) is 9.38. The Balaban J connectivity index is 1.35. The quantitative estimate of drug-likeness (QED) is 0.138. The average molecular weight is 670 g/mol. The molecule has 3 N–H and O–H groups in total. The maximum Gasteiger partial charge on any atom is 0.305 e. The molecular formula is C38H43N3O8. The fraction of sp³-hybridized carbons (Fsp3) is 0.368. The van der Waals surface area contributed by atoms with Crippen molar-refractivity contribution in [2.45, 2.75) is 57.2 Å². The number of methoxy groups -OCH3 is 2. The molecule has 2 heterocycles. The number of aliphatic hydroxyl groups is 2. The van der Waals surface area contributed by atoms with Crippen LogP contribution < -0.4 is 15.0 Å². The van der Waals surface area contributed by atoms with E-state index in [-0.39, 0.29) is 49.8 Å². The number of hydrogen-bond donors (Lipinski definition) is 3. The highest BCUT2D eigenvalue weighted by atomic mass is 16.5. The molecule has 0 saturated heterocycles. The molecule has 0 unspecified atom stereocenters. The number of carbonyl (C=O) groups is 4. The molecule has 0 aliphatic carbocycles. The number of aliphatic hydroxyl groups excluding tert-OH is 1. The number of unbranched alkanes of at least 4 members (excludes halogenated alkanes) is 1. The van der Waals surface area contributed by atoms with Gasteiger partial charge in [0.15, 0.2) is 5.60 Å². The van der Waals surface area contributed by atoms with Gasteiger partial charge in [-0.25, -0.2) is 0 Å². The molecule has 258 valence electrons. The van der Waals surface area contributed by atoms with Crippen LogP contribution in [0.4, 0.5) is 11.4 Å². The standard InChI is InChI=1S/C38H43N3O8/c1-25(9-8-12-34(43)41-23-28-11-5-4-10-27(28)21-30(41)24-42)38(47)32-22-29(39-36(45)26-14-17-31(48-2)18-15-26)16-19-33(32)40(37(38)46)20-7-6-13-35(44)49-3/h4-5,8-11,14-19,22,25,30,42,47H,6-7,12-13,20-21,23-24H2,1-3H3,(H,39,45)/b9-8+/t25-,30+,38+/m1/s1. The molecule has 11 heteroatoms. The van der Waals surface area contributed by atoms with E-state index in [0.29, 0.717) is 54.1 Å². The average Bonchev–Trinajstić information content (AvgIpc) is 3.34. The minimum Gasteiger partial charge on any atom is -0.497 e. The highest BCUT2D eigenvalue weighted by molar-refractivity contribution is 6.09. The van der Waals surface area contributed by atoms with E-state index in [9.17, 15) is 29.4 Å². The van der Waals surface area contributed by atoms with Gasteiger partial charge in [-0.1, -0.05) is 43.3 Å². The number of rotatable bonds is 13. The van der Waals surface area contributed by atoms with Crippen molar-refractivity contribution < 1.29 is 38.9 Å². The van der Waals surface area contributed by atoms with Crippen LogP contribution in [0, 0.1) is 5.92 Å². The van der Waals surface area contributed by atoms with Crippen LogP contribution in [0.1, 0.15) is 59.7 Å². The Morgan fingerprint density at radius 1 is 1.04 bits per heavy atom. The van der Waals surface area contributed by atoms with Crippen molar-refractivity contribution in [3.05, 3.63) is 101 Å².